The second kappa shape index (κ2) is 7.56. The summed E-state index contributed by atoms with van der Waals surface area (Å²) >= 11 is 0. The predicted molar refractivity (Wildman–Crippen MR) is 83.8 cm³/mol. The van der Waals surface area contributed by atoms with Gasteiger partial charge in [0, 0.05) is 46.8 Å². The molecule has 21 heavy (non-hydrogen) atoms. The summed E-state index contributed by atoms with van der Waals surface area (Å²) in [5.41, 5.74) is 0.710. The molecule has 1 aliphatic carbocycles. The summed E-state index contributed by atoms with van der Waals surface area (Å²) in [5.74, 6) is 0. The maximum absolute atomic E-state index is 12.3. The van der Waals surface area contributed by atoms with Crippen molar-refractivity contribution in [3.8, 4) is 0 Å². The molecular formula is C15H22N2O3S. The van der Waals surface area contributed by atoms with Gasteiger partial charge in [-0.3, -0.25) is 4.21 Å². The third-order valence-electron chi connectivity index (χ3n) is 3.49. The van der Waals surface area contributed by atoms with Crippen LogP contribution in [0, 0.1) is 0 Å². The van der Waals surface area contributed by atoms with Crippen molar-refractivity contribution in [2.45, 2.75) is 36.6 Å². The van der Waals surface area contributed by atoms with Gasteiger partial charge in [-0.2, -0.15) is 0 Å². The number of anilines is 1. The molecule has 5 nitrogen and oxygen atoms in total. The van der Waals surface area contributed by atoms with Crippen molar-refractivity contribution in [3.05, 3.63) is 24.3 Å². The molecule has 2 N–H and O–H groups in total. The molecule has 0 spiro atoms. The number of aliphatic hydroxyl groups is 1. The van der Waals surface area contributed by atoms with Gasteiger partial charge in [0.2, 0.25) is 0 Å². The molecule has 1 saturated carbocycles. The van der Waals surface area contributed by atoms with Gasteiger partial charge in [0.25, 0.3) is 0 Å². The number of carbonyl (C=O) groups excluding carboxylic acids is 1. The van der Waals surface area contributed by atoms with Crippen molar-refractivity contribution < 1.29 is 14.1 Å². The second-order valence-electron chi connectivity index (χ2n) is 5.26. The highest BCUT2D eigenvalue weighted by Crippen LogP contribution is 2.27. The Hall–Kier alpha value is -1.40. The molecule has 1 atom stereocenters. The summed E-state index contributed by atoms with van der Waals surface area (Å²) in [5, 5.41) is 11.7. The number of nitrogens with zero attached hydrogens (tertiary/aromatic N) is 1. The topological polar surface area (TPSA) is 69.6 Å². The van der Waals surface area contributed by atoms with Crippen molar-refractivity contribution >= 4 is 22.5 Å². The lowest BCUT2D eigenvalue weighted by Crippen LogP contribution is -2.37. The summed E-state index contributed by atoms with van der Waals surface area (Å²) in [6.07, 6.45) is 5.27. The molecule has 2 amide bonds. The van der Waals surface area contributed by atoms with Crippen molar-refractivity contribution in [1.29, 1.82) is 0 Å². The molecule has 1 aliphatic rings. The van der Waals surface area contributed by atoms with Crippen LogP contribution in [-0.4, -0.2) is 45.7 Å². The van der Waals surface area contributed by atoms with Crippen LogP contribution < -0.4 is 5.32 Å². The minimum atomic E-state index is -1.01. The van der Waals surface area contributed by atoms with Gasteiger partial charge in [0.15, 0.2) is 0 Å². The van der Waals surface area contributed by atoms with E-state index < -0.39 is 10.8 Å². The molecule has 116 valence electrons. The molecule has 1 unspecified atom stereocenters. The molecule has 1 fully saturated rings. The zero-order chi connectivity index (χ0) is 15.2. The molecule has 0 bridgehead atoms. The van der Waals surface area contributed by atoms with E-state index in [1.807, 2.05) is 4.90 Å². The number of aliphatic hydroxyl groups excluding tert-OH is 1. The van der Waals surface area contributed by atoms with Crippen LogP contribution in [0.3, 0.4) is 0 Å². The molecule has 0 radical (unpaired) electrons. The molecule has 0 saturated heterocycles. The van der Waals surface area contributed by atoms with Gasteiger partial charge in [-0.15, -0.1) is 0 Å². The van der Waals surface area contributed by atoms with Gasteiger partial charge < -0.3 is 15.3 Å². The van der Waals surface area contributed by atoms with Crippen LogP contribution in [0.25, 0.3) is 0 Å². The van der Waals surface area contributed by atoms with Crippen molar-refractivity contribution in [1.82, 2.24) is 4.90 Å². The van der Waals surface area contributed by atoms with Crippen LogP contribution in [-0.2, 0) is 10.8 Å². The molecule has 0 heterocycles. The zero-order valence-corrected chi connectivity index (χ0v) is 13.1. The van der Waals surface area contributed by atoms with Crippen LogP contribution in [0.1, 0.15) is 25.7 Å². The standard InChI is InChI=1S/C15H22N2O3S/c1-21(20)14-8-4-12(5-9-14)16-15(19)17(13-6-7-13)10-2-3-11-18/h4-5,8-9,13,18H,2-3,6-7,10-11H2,1H3,(H,16,19). The van der Waals surface area contributed by atoms with Crippen molar-refractivity contribution in [2.75, 3.05) is 24.7 Å². The van der Waals surface area contributed by atoms with Gasteiger partial charge in [0.1, 0.15) is 0 Å². The van der Waals surface area contributed by atoms with Gasteiger partial charge in [-0.25, -0.2) is 4.79 Å². The molecular weight excluding hydrogens is 288 g/mol. The third kappa shape index (κ3) is 4.82. The van der Waals surface area contributed by atoms with E-state index in [4.69, 9.17) is 5.11 Å². The van der Waals surface area contributed by atoms with E-state index in [9.17, 15) is 9.00 Å². The van der Waals surface area contributed by atoms with E-state index in [2.05, 4.69) is 5.32 Å². The van der Waals surface area contributed by atoms with Crippen LogP contribution in [0.15, 0.2) is 29.2 Å². The number of urea groups is 1. The number of amides is 2. The molecule has 2 rings (SSSR count). The highest BCUT2D eigenvalue weighted by atomic mass is 32.2. The number of hydrogen-bond donors (Lipinski definition) is 2. The highest BCUT2D eigenvalue weighted by Gasteiger charge is 2.32. The SMILES string of the molecule is CS(=O)c1ccc(NC(=O)N(CCCCO)C2CC2)cc1. The van der Waals surface area contributed by atoms with Crippen molar-refractivity contribution in [3.63, 3.8) is 0 Å². The normalized spacial score (nSPS) is 15.5. The summed E-state index contributed by atoms with van der Waals surface area (Å²) < 4.78 is 11.3. The Morgan fingerprint density at radius 2 is 2.00 bits per heavy atom. The van der Waals surface area contributed by atoms with E-state index in [-0.39, 0.29) is 12.6 Å². The summed E-state index contributed by atoms with van der Waals surface area (Å²) in [4.78, 5) is 14.9. The van der Waals surface area contributed by atoms with Crippen molar-refractivity contribution in [2.24, 2.45) is 0 Å². The lowest BCUT2D eigenvalue weighted by atomic mass is 10.3. The van der Waals surface area contributed by atoms with E-state index in [1.54, 1.807) is 30.5 Å². The molecule has 0 aromatic heterocycles. The molecule has 1 aromatic rings. The fourth-order valence-corrected chi connectivity index (χ4v) is 2.67. The minimum absolute atomic E-state index is 0.0965. The number of rotatable bonds is 7. The number of hydrogen-bond acceptors (Lipinski definition) is 3. The Labute approximate surface area is 127 Å². The Morgan fingerprint density at radius 3 is 2.52 bits per heavy atom. The third-order valence-corrected chi connectivity index (χ3v) is 4.43. The van der Waals surface area contributed by atoms with Crippen LogP contribution >= 0.6 is 0 Å². The maximum Gasteiger partial charge on any atom is 0.322 e. The van der Waals surface area contributed by atoms with E-state index in [0.29, 0.717) is 24.7 Å². The summed E-state index contributed by atoms with van der Waals surface area (Å²) in [6, 6.07) is 7.31. The summed E-state index contributed by atoms with van der Waals surface area (Å²) in [7, 11) is -1.01. The largest absolute Gasteiger partial charge is 0.396 e. The zero-order valence-electron chi connectivity index (χ0n) is 12.2. The summed E-state index contributed by atoms with van der Waals surface area (Å²) in [6.45, 7) is 0.837. The first-order valence-corrected chi connectivity index (χ1v) is 8.79. The molecule has 1 aromatic carbocycles. The van der Waals surface area contributed by atoms with Gasteiger partial charge in [-0.05, 0) is 49.9 Å². The number of benzene rings is 1. The number of nitrogens with one attached hydrogen (secondary N) is 1. The Bertz CT molecular complexity index is 500. The fraction of sp³-hybridized carbons (Fsp3) is 0.533. The first kappa shape index (κ1) is 16.0. The quantitative estimate of drug-likeness (QED) is 0.759. The smallest absolute Gasteiger partial charge is 0.322 e. The predicted octanol–water partition coefficient (Wildman–Crippen LogP) is 2.19. The van der Waals surface area contributed by atoms with Gasteiger partial charge >= 0.3 is 6.03 Å². The number of carbonyl (C=O) groups is 1. The Morgan fingerprint density at radius 1 is 1.33 bits per heavy atom. The van der Waals surface area contributed by atoms with Crippen LogP contribution in [0.4, 0.5) is 10.5 Å². The second-order valence-corrected chi connectivity index (χ2v) is 6.64. The van der Waals surface area contributed by atoms with E-state index >= 15 is 0 Å². The lowest BCUT2D eigenvalue weighted by Gasteiger charge is -2.22. The lowest BCUT2D eigenvalue weighted by molar-refractivity contribution is 0.204. The van der Waals surface area contributed by atoms with Gasteiger partial charge in [-0.1, -0.05) is 0 Å². The van der Waals surface area contributed by atoms with Gasteiger partial charge in [0.05, 0.1) is 0 Å². The average molecular weight is 310 g/mol. The van der Waals surface area contributed by atoms with E-state index in [1.165, 1.54) is 0 Å². The molecule has 6 heteroatoms. The highest BCUT2D eigenvalue weighted by molar-refractivity contribution is 7.84. The number of unbranched alkanes of at least 4 members (excludes halogenated alkanes) is 1. The molecule has 0 aliphatic heterocycles. The Kier molecular flexibility index (Phi) is 5.76. The maximum atomic E-state index is 12.3. The first-order valence-electron chi connectivity index (χ1n) is 7.24. The Balaban J connectivity index is 1.92. The minimum Gasteiger partial charge on any atom is -0.396 e. The average Bonchev–Trinajstić information content (AvgIpc) is 3.28. The van der Waals surface area contributed by atoms with Crippen LogP contribution in [0.5, 0.6) is 0 Å². The first-order chi connectivity index (χ1) is 10.1. The van der Waals surface area contributed by atoms with E-state index in [0.717, 1.165) is 24.2 Å². The van der Waals surface area contributed by atoms with Crippen LogP contribution in [0.2, 0.25) is 0 Å². The monoisotopic (exact) mass is 310 g/mol. The fourth-order valence-electron chi connectivity index (χ4n) is 2.16.